The van der Waals surface area contributed by atoms with Gasteiger partial charge in [-0.2, -0.15) is 11.8 Å². The third kappa shape index (κ3) is 4.24. The summed E-state index contributed by atoms with van der Waals surface area (Å²) in [5.41, 5.74) is 2.76. The van der Waals surface area contributed by atoms with Gasteiger partial charge in [-0.05, 0) is 36.6 Å². The van der Waals surface area contributed by atoms with Gasteiger partial charge in [-0.3, -0.25) is 19.7 Å². The van der Waals surface area contributed by atoms with E-state index in [0.717, 1.165) is 37.2 Å². The number of carbonyl (C=O) groups is 3. The second-order valence-corrected chi connectivity index (χ2v) is 8.73. The van der Waals surface area contributed by atoms with Crippen LogP contribution in [0.1, 0.15) is 40.7 Å². The summed E-state index contributed by atoms with van der Waals surface area (Å²) in [6.07, 6.45) is 1.78. The highest BCUT2D eigenvalue weighted by Gasteiger charge is 2.38. The Morgan fingerprint density at radius 2 is 2.14 bits per heavy atom. The van der Waals surface area contributed by atoms with E-state index in [4.69, 9.17) is 0 Å². The minimum Gasteiger partial charge on any atom is -0.322 e. The van der Waals surface area contributed by atoms with Gasteiger partial charge in [0.15, 0.2) is 0 Å². The van der Waals surface area contributed by atoms with Gasteiger partial charge in [0.1, 0.15) is 6.04 Å². The van der Waals surface area contributed by atoms with Crippen LogP contribution in [-0.2, 0) is 22.7 Å². The molecule has 4 rings (SSSR count). The first-order chi connectivity index (χ1) is 13.6. The smallest absolute Gasteiger partial charge is 0.255 e. The predicted octanol–water partition coefficient (Wildman–Crippen LogP) is 0.632. The highest BCUT2D eigenvalue weighted by atomic mass is 32.2. The molecule has 0 radical (unpaired) electrons. The van der Waals surface area contributed by atoms with E-state index in [-0.39, 0.29) is 24.1 Å². The molecule has 1 aromatic rings. The number of carbonyl (C=O) groups excluding carboxylic acids is 3. The molecule has 28 heavy (non-hydrogen) atoms. The summed E-state index contributed by atoms with van der Waals surface area (Å²) in [5, 5.41) is 9.37. The zero-order chi connectivity index (χ0) is 19.5. The van der Waals surface area contributed by atoms with Gasteiger partial charge in [0.05, 0.1) is 0 Å². The van der Waals surface area contributed by atoms with Crippen LogP contribution in [0.2, 0.25) is 0 Å². The van der Waals surface area contributed by atoms with Crippen LogP contribution in [0.3, 0.4) is 0 Å². The van der Waals surface area contributed by atoms with Crippen LogP contribution in [0.15, 0.2) is 18.2 Å². The number of fused-ring (bicyclic) bond motifs is 1. The molecule has 3 aliphatic rings. The van der Waals surface area contributed by atoms with Crippen molar-refractivity contribution in [2.75, 3.05) is 24.6 Å². The fourth-order valence-corrected chi connectivity index (χ4v) is 5.05. The minimum atomic E-state index is -0.556. The van der Waals surface area contributed by atoms with Crippen molar-refractivity contribution in [1.29, 1.82) is 0 Å². The molecule has 1 aromatic carbocycles. The lowest BCUT2D eigenvalue weighted by Crippen LogP contribution is -2.52. The molecule has 2 fully saturated rings. The lowest BCUT2D eigenvalue weighted by molar-refractivity contribution is -0.136. The third-order valence-corrected chi connectivity index (χ3v) is 6.72. The fourth-order valence-electron chi connectivity index (χ4n) is 4.05. The molecule has 2 saturated heterocycles. The van der Waals surface area contributed by atoms with Crippen LogP contribution in [0.5, 0.6) is 0 Å². The largest absolute Gasteiger partial charge is 0.322 e. The number of imide groups is 1. The van der Waals surface area contributed by atoms with E-state index >= 15 is 0 Å². The Hall–Kier alpha value is -1.90. The van der Waals surface area contributed by atoms with E-state index in [9.17, 15) is 14.4 Å². The van der Waals surface area contributed by atoms with Gasteiger partial charge in [-0.1, -0.05) is 12.1 Å². The normalized spacial score (nSPS) is 25.0. The molecule has 3 heterocycles. The van der Waals surface area contributed by atoms with Crippen LogP contribution >= 0.6 is 11.8 Å². The number of nitrogens with zero attached hydrogens (tertiary/aromatic N) is 1. The highest BCUT2D eigenvalue weighted by molar-refractivity contribution is 7.99. The Morgan fingerprint density at radius 1 is 1.25 bits per heavy atom. The van der Waals surface area contributed by atoms with Crippen molar-refractivity contribution in [3.63, 3.8) is 0 Å². The van der Waals surface area contributed by atoms with Crippen LogP contribution in [-0.4, -0.2) is 59.3 Å². The Balaban J connectivity index is 1.32. The molecular formula is C20H26N4O3S. The number of hydrogen-bond donors (Lipinski definition) is 3. The molecule has 3 amide bonds. The number of thioether (sulfide) groups is 1. The summed E-state index contributed by atoms with van der Waals surface area (Å²) < 4.78 is 0. The van der Waals surface area contributed by atoms with Crippen LogP contribution in [0.25, 0.3) is 0 Å². The molecule has 0 bridgehead atoms. The number of piperidine rings is 1. The van der Waals surface area contributed by atoms with E-state index in [1.165, 1.54) is 11.5 Å². The van der Waals surface area contributed by atoms with Gasteiger partial charge in [0.25, 0.3) is 5.91 Å². The molecule has 0 aromatic heterocycles. The fraction of sp³-hybridized carbons (Fsp3) is 0.550. The lowest BCUT2D eigenvalue weighted by atomic mass is 10.0. The predicted molar refractivity (Wildman–Crippen MR) is 108 cm³/mol. The van der Waals surface area contributed by atoms with Crippen molar-refractivity contribution in [2.24, 2.45) is 0 Å². The average molecular weight is 403 g/mol. The molecule has 7 nitrogen and oxygen atoms in total. The number of benzene rings is 1. The lowest BCUT2D eigenvalue weighted by Gasteiger charge is -2.29. The molecule has 3 N–H and O–H groups in total. The summed E-state index contributed by atoms with van der Waals surface area (Å²) in [7, 11) is 0. The maximum atomic E-state index is 12.7. The maximum absolute atomic E-state index is 12.7. The van der Waals surface area contributed by atoms with Crippen molar-refractivity contribution < 1.29 is 14.4 Å². The SMILES string of the molecule is O=C1CCC(N2Cc3cc(CNCCC4CSCCN4)ccc3C2=O)C(=O)N1. The zero-order valence-electron chi connectivity index (χ0n) is 15.8. The summed E-state index contributed by atoms with van der Waals surface area (Å²) in [5.74, 6) is 1.63. The number of amides is 3. The number of nitrogens with one attached hydrogen (secondary N) is 3. The van der Waals surface area contributed by atoms with Crippen molar-refractivity contribution in [1.82, 2.24) is 20.9 Å². The quantitative estimate of drug-likeness (QED) is 0.478. The Bertz CT molecular complexity index is 779. The first kappa shape index (κ1) is 19.4. The summed E-state index contributed by atoms with van der Waals surface area (Å²) in [6.45, 7) is 3.24. The summed E-state index contributed by atoms with van der Waals surface area (Å²) in [4.78, 5) is 37.8. The van der Waals surface area contributed by atoms with E-state index in [0.29, 0.717) is 24.6 Å². The summed E-state index contributed by atoms with van der Waals surface area (Å²) in [6, 6.07) is 5.93. The van der Waals surface area contributed by atoms with Gasteiger partial charge in [-0.25, -0.2) is 0 Å². The average Bonchev–Trinajstić information content (AvgIpc) is 3.02. The molecule has 0 saturated carbocycles. The van der Waals surface area contributed by atoms with Gasteiger partial charge in [0.2, 0.25) is 11.8 Å². The number of rotatable bonds is 6. The molecular weight excluding hydrogens is 376 g/mol. The van der Waals surface area contributed by atoms with Crippen LogP contribution in [0, 0.1) is 0 Å². The molecule has 8 heteroatoms. The Morgan fingerprint density at radius 3 is 2.93 bits per heavy atom. The van der Waals surface area contributed by atoms with Crippen LogP contribution < -0.4 is 16.0 Å². The molecule has 150 valence electrons. The standard InChI is InChI=1S/C20H26N4O3S/c25-18-4-3-17(19(26)23-18)24-11-14-9-13(1-2-16(14)20(24)27)10-21-6-5-15-12-28-8-7-22-15/h1-2,9,15,17,21-22H,3-8,10-12H2,(H,23,25,26). The second kappa shape index (κ2) is 8.63. The van der Waals surface area contributed by atoms with E-state index < -0.39 is 6.04 Å². The topological polar surface area (TPSA) is 90.5 Å². The van der Waals surface area contributed by atoms with Gasteiger partial charge in [0, 0.05) is 49.2 Å². The first-order valence-corrected chi connectivity index (χ1v) is 11.1. The van der Waals surface area contributed by atoms with Gasteiger partial charge in [-0.15, -0.1) is 0 Å². The minimum absolute atomic E-state index is 0.120. The molecule has 0 aliphatic carbocycles. The van der Waals surface area contributed by atoms with Crippen molar-refractivity contribution in [3.8, 4) is 0 Å². The highest BCUT2D eigenvalue weighted by Crippen LogP contribution is 2.28. The van der Waals surface area contributed by atoms with Crippen LogP contribution in [0.4, 0.5) is 0 Å². The maximum Gasteiger partial charge on any atom is 0.255 e. The molecule has 0 spiro atoms. The number of hydrogen-bond acceptors (Lipinski definition) is 6. The van der Waals surface area contributed by atoms with E-state index in [2.05, 4.69) is 22.0 Å². The van der Waals surface area contributed by atoms with Gasteiger partial charge < -0.3 is 15.5 Å². The monoisotopic (exact) mass is 402 g/mol. The van der Waals surface area contributed by atoms with E-state index in [1.54, 1.807) is 4.90 Å². The Labute approximate surface area is 169 Å². The molecule has 3 aliphatic heterocycles. The second-order valence-electron chi connectivity index (χ2n) is 7.58. The van der Waals surface area contributed by atoms with Crippen molar-refractivity contribution in [3.05, 3.63) is 34.9 Å². The Kier molecular flexibility index (Phi) is 5.99. The third-order valence-electron chi connectivity index (χ3n) is 5.59. The molecule has 2 unspecified atom stereocenters. The van der Waals surface area contributed by atoms with E-state index in [1.807, 2.05) is 23.9 Å². The summed E-state index contributed by atoms with van der Waals surface area (Å²) >= 11 is 2.01. The zero-order valence-corrected chi connectivity index (χ0v) is 16.6. The molecule has 2 atom stereocenters. The van der Waals surface area contributed by atoms with Crippen molar-refractivity contribution in [2.45, 2.75) is 44.4 Å². The van der Waals surface area contributed by atoms with Gasteiger partial charge >= 0.3 is 0 Å². The van der Waals surface area contributed by atoms with Crippen molar-refractivity contribution >= 4 is 29.5 Å². The first-order valence-electron chi connectivity index (χ1n) is 9.90.